The number of aryl methyl sites for hydroxylation is 1. The lowest BCUT2D eigenvalue weighted by Gasteiger charge is -2.20. The fourth-order valence-electron chi connectivity index (χ4n) is 1.25. The molecule has 7 heteroatoms. The van der Waals surface area contributed by atoms with Gasteiger partial charge in [-0.15, -0.1) is 34.2 Å². The lowest BCUT2D eigenvalue weighted by Crippen LogP contribution is -2.45. The van der Waals surface area contributed by atoms with E-state index in [2.05, 4.69) is 20.5 Å². The van der Waals surface area contributed by atoms with Crippen molar-refractivity contribution in [3.63, 3.8) is 0 Å². The van der Waals surface area contributed by atoms with E-state index in [9.17, 15) is 0 Å². The Bertz CT molecular complexity index is 365. The van der Waals surface area contributed by atoms with Crippen molar-refractivity contribution in [2.45, 2.75) is 46.3 Å². The minimum Gasteiger partial charge on any atom is -0.370 e. The lowest BCUT2D eigenvalue weighted by atomic mass is 10.1. The molecular weight excluding hydrogens is 331 g/mol. The zero-order valence-corrected chi connectivity index (χ0v) is 13.1. The van der Waals surface area contributed by atoms with Crippen molar-refractivity contribution >= 4 is 29.9 Å². The minimum atomic E-state index is -0.0774. The zero-order chi connectivity index (χ0) is 12.2. The molecule has 0 saturated heterocycles. The Morgan fingerprint density at radius 1 is 1.53 bits per heavy atom. The fraction of sp³-hybridized carbons (Fsp3) is 0.700. The van der Waals surface area contributed by atoms with Gasteiger partial charge in [0.15, 0.2) is 11.8 Å². The maximum Gasteiger partial charge on any atom is 0.189 e. The topological polar surface area (TPSA) is 81.1 Å². The van der Waals surface area contributed by atoms with Crippen molar-refractivity contribution in [2.24, 2.45) is 10.7 Å². The highest BCUT2D eigenvalue weighted by molar-refractivity contribution is 14.0. The van der Waals surface area contributed by atoms with Crippen LogP contribution in [0.25, 0.3) is 0 Å². The Hall–Kier alpha value is -0.860. The molecule has 6 nitrogen and oxygen atoms in total. The van der Waals surface area contributed by atoms with Crippen LogP contribution in [0.1, 0.15) is 33.5 Å². The second-order valence-corrected chi connectivity index (χ2v) is 4.61. The van der Waals surface area contributed by atoms with Gasteiger partial charge in [-0.05, 0) is 27.7 Å². The molecule has 1 heterocycles. The van der Waals surface area contributed by atoms with Crippen LogP contribution in [0.5, 0.6) is 0 Å². The van der Waals surface area contributed by atoms with Crippen LogP contribution < -0.4 is 11.1 Å². The number of nitrogens with zero attached hydrogens (tertiary/aromatic N) is 4. The van der Waals surface area contributed by atoms with Gasteiger partial charge in [0.05, 0.1) is 0 Å². The standard InChI is InChI=1S/C10H20N6.HI/c1-5-16-7-13-15-8(16)6-12-9(11)14-10(2,3)4;/h7H,5-6H2,1-4H3,(H3,11,12,14);1H. The molecule has 0 radical (unpaired) electrons. The number of nitrogens with one attached hydrogen (secondary N) is 1. The quantitative estimate of drug-likeness (QED) is 0.485. The number of aromatic nitrogens is 3. The van der Waals surface area contributed by atoms with Gasteiger partial charge in [-0.1, -0.05) is 0 Å². The van der Waals surface area contributed by atoms with Crippen molar-refractivity contribution in [1.29, 1.82) is 0 Å². The van der Waals surface area contributed by atoms with Gasteiger partial charge < -0.3 is 15.6 Å². The second-order valence-electron chi connectivity index (χ2n) is 4.61. The van der Waals surface area contributed by atoms with E-state index >= 15 is 0 Å². The third-order valence-corrected chi connectivity index (χ3v) is 1.93. The van der Waals surface area contributed by atoms with Crippen molar-refractivity contribution in [1.82, 2.24) is 20.1 Å². The fourth-order valence-corrected chi connectivity index (χ4v) is 1.25. The molecule has 0 aliphatic carbocycles. The third-order valence-electron chi connectivity index (χ3n) is 1.93. The molecule has 0 amide bonds. The van der Waals surface area contributed by atoms with Crippen molar-refractivity contribution in [3.05, 3.63) is 12.2 Å². The van der Waals surface area contributed by atoms with Gasteiger partial charge >= 0.3 is 0 Å². The first-order chi connectivity index (χ1) is 7.42. The molecule has 0 unspecified atom stereocenters. The number of rotatable bonds is 3. The summed E-state index contributed by atoms with van der Waals surface area (Å²) in [5.74, 6) is 1.25. The van der Waals surface area contributed by atoms with E-state index in [0.29, 0.717) is 12.5 Å². The summed E-state index contributed by atoms with van der Waals surface area (Å²) in [5, 5.41) is 10.9. The first-order valence-electron chi connectivity index (χ1n) is 5.37. The van der Waals surface area contributed by atoms with Gasteiger partial charge in [-0.25, -0.2) is 4.99 Å². The average molecular weight is 352 g/mol. The molecule has 3 N–H and O–H groups in total. The molecule has 1 aromatic rings. The van der Waals surface area contributed by atoms with Crippen molar-refractivity contribution in [3.8, 4) is 0 Å². The Labute approximate surface area is 119 Å². The number of halogens is 1. The van der Waals surface area contributed by atoms with Gasteiger partial charge in [0, 0.05) is 12.1 Å². The first-order valence-corrected chi connectivity index (χ1v) is 5.37. The monoisotopic (exact) mass is 352 g/mol. The maximum absolute atomic E-state index is 5.75. The molecule has 0 spiro atoms. The first kappa shape index (κ1) is 16.1. The van der Waals surface area contributed by atoms with E-state index < -0.39 is 0 Å². The molecule has 0 aromatic carbocycles. The van der Waals surface area contributed by atoms with Crippen LogP contribution in [0, 0.1) is 0 Å². The largest absolute Gasteiger partial charge is 0.370 e. The van der Waals surface area contributed by atoms with Crippen LogP contribution in [-0.2, 0) is 13.1 Å². The van der Waals surface area contributed by atoms with E-state index in [1.165, 1.54) is 0 Å². The second kappa shape index (κ2) is 6.77. The maximum atomic E-state index is 5.75. The van der Waals surface area contributed by atoms with Crippen LogP contribution >= 0.6 is 24.0 Å². The number of guanidine groups is 1. The van der Waals surface area contributed by atoms with Crippen LogP contribution in [-0.4, -0.2) is 26.3 Å². The summed E-state index contributed by atoms with van der Waals surface area (Å²) in [6.07, 6.45) is 1.69. The third kappa shape index (κ3) is 5.85. The number of aliphatic imine (C=N–C) groups is 1. The van der Waals surface area contributed by atoms with E-state index in [0.717, 1.165) is 12.4 Å². The van der Waals surface area contributed by atoms with E-state index in [4.69, 9.17) is 5.73 Å². The predicted molar refractivity (Wildman–Crippen MR) is 79.3 cm³/mol. The Morgan fingerprint density at radius 2 is 2.18 bits per heavy atom. The Balaban J connectivity index is 0.00000256. The Morgan fingerprint density at radius 3 is 2.71 bits per heavy atom. The molecule has 0 bridgehead atoms. The highest BCUT2D eigenvalue weighted by atomic mass is 127. The van der Waals surface area contributed by atoms with Gasteiger partial charge in [-0.3, -0.25) is 0 Å². The Kier molecular flexibility index (Phi) is 6.43. The van der Waals surface area contributed by atoms with E-state index in [1.807, 2.05) is 32.3 Å². The van der Waals surface area contributed by atoms with Crippen LogP contribution in [0.4, 0.5) is 0 Å². The van der Waals surface area contributed by atoms with Crippen molar-refractivity contribution in [2.75, 3.05) is 0 Å². The predicted octanol–water partition coefficient (Wildman–Crippen LogP) is 1.12. The lowest BCUT2D eigenvalue weighted by molar-refractivity contribution is 0.507. The smallest absolute Gasteiger partial charge is 0.189 e. The van der Waals surface area contributed by atoms with Crippen LogP contribution in [0.3, 0.4) is 0 Å². The summed E-state index contributed by atoms with van der Waals surface area (Å²) in [6.45, 7) is 9.42. The number of hydrogen-bond donors (Lipinski definition) is 2. The average Bonchev–Trinajstić information content (AvgIpc) is 2.59. The molecular formula is C10H21IN6. The van der Waals surface area contributed by atoms with Gasteiger partial charge in [0.2, 0.25) is 0 Å². The van der Waals surface area contributed by atoms with E-state index in [-0.39, 0.29) is 29.5 Å². The van der Waals surface area contributed by atoms with Gasteiger partial charge in [0.1, 0.15) is 12.9 Å². The van der Waals surface area contributed by atoms with Gasteiger partial charge in [0.25, 0.3) is 0 Å². The molecule has 0 fully saturated rings. The zero-order valence-electron chi connectivity index (χ0n) is 10.8. The molecule has 17 heavy (non-hydrogen) atoms. The highest BCUT2D eigenvalue weighted by Gasteiger charge is 2.10. The molecule has 1 aromatic heterocycles. The summed E-state index contributed by atoms with van der Waals surface area (Å²) in [5.41, 5.74) is 5.67. The molecule has 0 saturated carbocycles. The van der Waals surface area contributed by atoms with Crippen molar-refractivity contribution < 1.29 is 0 Å². The van der Waals surface area contributed by atoms with Crippen LogP contribution in [0.2, 0.25) is 0 Å². The summed E-state index contributed by atoms with van der Waals surface area (Å²) < 4.78 is 1.94. The highest BCUT2D eigenvalue weighted by Crippen LogP contribution is 1.99. The summed E-state index contributed by atoms with van der Waals surface area (Å²) in [4.78, 5) is 4.22. The summed E-state index contributed by atoms with van der Waals surface area (Å²) in [6, 6.07) is 0. The SMILES string of the molecule is CCn1cnnc1CN=C(N)NC(C)(C)C.I. The summed E-state index contributed by atoms with van der Waals surface area (Å²) in [7, 11) is 0. The molecule has 0 aliphatic rings. The normalized spacial score (nSPS) is 12.1. The molecule has 1 rings (SSSR count). The van der Waals surface area contributed by atoms with Gasteiger partial charge in [-0.2, -0.15) is 0 Å². The number of hydrogen-bond acceptors (Lipinski definition) is 3. The number of nitrogens with two attached hydrogens (primary N) is 1. The molecule has 0 atom stereocenters. The minimum absolute atomic E-state index is 0. The van der Waals surface area contributed by atoms with E-state index in [1.54, 1.807) is 6.33 Å². The van der Waals surface area contributed by atoms with Crippen LogP contribution in [0.15, 0.2) is 11.3 Å². The molecule has 0 aliphatic heterocycles. The molecule has 98 valence electrons. The summed E-state index contributed by atoms with van der Waals surface area (Å²) >= 11 is 0.